The van der Waals surface area contributed by atoms with E-state index in [1.807, 2.05) is 12.1 Å². The molecule has 0 aromatic carbocycles. The maximum Gasteiger partial charge on any atom is 0.218 e. The normalized spacial score (nSPS) is 12.1. The van der Waals surface area contributed by atoms with Gasteiger partial charge in [0.25, 0.3) is 0 Å². The maximum atomic E-state index is 5.69. The fraction of sp³-hybridized carbons (Fsp3) is 0.714. The number of ether oxygens (including phenoxy) is 2. The first-order valence-electron chi connectivity index (χ1n) is 10.3. The van der Waals surface area contributed by atoms with Crippen molar-refractivity contribution < 1.29 is 9.47 Å². The van der Waals surface area contributed by atoms with Crippen LogP contribution < -0.4 is 15.4 Å². The van der Waals surface area contributed by atoms with Crippen molar-refractivity contribution in [1.29, 1.82) is 0 Å². The smallest absolute Gasteiger partial charge is 0.218 e. The van der Waals surface area contributed by atoms with Gasteiger partial charge in [-0.2, -0.15) is 0 Å². The van der Waals surface area contributed by atoms with E-state index in [0.717, 1.165) is 37.6 Å². The number of nitrogens with one attached hydrogen (secondary N) is 2. The van der Waals surface area contributed by atoms with Crippen molar-refractivity contribution >= 4 is 5.96 Å². The Bertz CT molecular complexity index is 555. The van der Waals surface area contributed by atoms with Gasteiger partial charge in [-0.1, -0.05) is 6.07 Å². The topological polar surface area (TPSA) is 71.0 Å². The summed E-state index contributed by atoms with van der Waals surface area (Å²) in [4.78, 5) is 11.5. The molecule has 0 aliphatic carbocycles. The van der Waals surface area contributed by atoms with Gasteiger partial charge in [-0.3, -0.25) is 4.90 Å². The highest BCUT2D eigenvalue weighted by atomic mass is 16.5. The van der Waals surface area contributed by atoms with Crippen molar-refractivity contribution in [3.63, 3.8) is 0 Å². The Hall–Kier alpha value is -1.86. The van der Waals surface area contributed by atoms with Crippen LogP contribution in [0.15, 0.2) is 23.3 Å². The van der Waals surface area contributed by atoms with Crippen LogP contribution >= 0.6 is 0 Å². The molecule has 0 atom stereocenters. The van der Waals surface area contributed by atoms with Gasteiger partial charge in [0, 0.05) is 50.6 Å². The van der Waals surface area contributed by atoms with E-state index in [4.69, 9.17) is 9.47 Å². The minimum Gasteiger partial charge on any atom is -0.475 e. The van der Waals surface area contributed by atoms with E-state index < -0.39 is 0 Å². The van der Waals surface area contributed by atoms with Gasteiger partial charge in [0.05, 0.1) is 13.2 Å². The zero-order valence-electron chi connectivity index (χ0n) is 18.5. The molecular formula is C21H39N5O2. The third kappa shape index (κ3) is 9.37. The van der Waals surface area contributed by atoms with Crippen molar-refractivity contribution in [2.24, 2.45) is 4.99 Å². The lowest BCUT2D eigenvalue weighted by molar-refractivity contribution is 0.143. The van der Waals surface area contributed by atoms with E-state index in [9.17, 15) is 0 Å². The molecule has 0 amide bonds. The molecule has 28 heavy (non-hydrogen) atoms. The van der Waals surface area contributed by atoms with Crippen molar-refractivity contribution in [3.8, 4) is 5.88 Å². The average Bonchev–Trinajstić information content (AvgIpc) is 2.66. The van der Waals surface area contributed by atoms with E-state index in [0.29, 0.717) is 37.7 Å². The molecule has 0 spiro atoms. The van der Waals surface area contributed by atoms with Crippen LogP contribution in [-0.2, 0) is 11.3 Å². The van der Waals surface area contributed by atoms with Gasteiger partial charge in [0.15, 0.2) is 5.96 Å². The fourth-order valence-corrected chi connectivity index (χ4v) is 2.98. The molecule has 1 aromatic heterocycles. The molecule has 0 radical (unpaired) electrons. The lowest BCUT2D eigenvalue weighted by atomic mass is 10.2. The number of hydrogen-bond donors (Lipinski definition) is 2. The third-order valence-electron chi connectivity index (χ3n) is 4.34. The summed E-state index contributed by atoms with van der Waals surface area (Å²) in [5.74, 6) is 1.43. The molecule has 1 aromatic rings. The molecule has 1 rings (SSSR count). The number of pyridine rings is 1. The maximum absolute atomic E-state index is 5.69. The second kappa shape index (κ2) is 14.2. The van der Waals surface area contributed by atoms with Crippen molar-refractivity contribution in [2.45, 2.75) is 59.7 Å². The Labute approximate surface area is 170 Å². The molecule has 0 bridgehead atoms. The minimum atomic E-state index is 0.477. The molecule has 0 saturated carbocycles. The molecule has 160 valence electrons. The molecule has 7 heteroatoms. The van der Waals surface area contributed by atoms with Crippen LogP contribution in [0.2, 0.25) is 0 Å². The molecule has 0 fully saturated rings. The highest BCUT2D eigenvalue weighted by Gasteiger charge is 2.12. The second-order valence-corrected chi connectivity index (χ2v) is 7.21. The summed E-state index contributed by atoms with van der Waals surface area (Å²) in [5.41, 5.74) is 0.960. The molecule has 0 saturated heterocycles. The first kappa shape index (κ1) is 24.2. The lowest BCUT2D eigenvalue weighted by Gasteiger charge is -2.30. The van der Waals surface area contributed by atoms with Crippen LogP contribution in [0.25, 0.3) is 0 Å². The number of hydrogen-bond acceptors (Lipinski definition) is 5. The highest BCUT2D eigenvalue weighted by molar-refractivity contribution is 5.79. The number of methoxy groups -OCH3 is 1. The monoisotopic (exact) mass is 393 g/mol. The first-order valence-corrected chi connectivity index (χ1v) is 10.3. The van der Waals surface area contributed by atoms with Crippen LogP contribution in [0.1, 0.15) is 46.6 Å². The number of nitrogens with zero attached hydrogens (tertiary/aromatic N) is 3. The summed E-state index contributed by atoms with van der Waals surface area (Å²) in [6.45, 7) is 15.4. The predicted molar refractivity (Wildman–Crippen MR) is 116 cm³/mol. The number of guanidine groups is 1. The summed E-state index contributed by atoms with van der Waals surface area (Å²) in [5, 5.41) is 6.73. The van der Waals surface area contributed by atoms with Crippen LogP contribution in [0.5, 0.6) is 5.88 Å². The molecule has 1 heterocycles. The summed E-state index contributed by atoms with van der Waals surface area (Å²) >= 11 is 0. The lowest BCUT2D eigenvalue weighted by Crippen LogP contribution is -2.41. The predicted octanol–water partition coefficient (Wildman–Crippen LogP) is 2.67. The summed E-state index contributed by atoms with van der Waals surface area (Å²) in [6.07, 6.45) is 2.80. The van der Waals surface area contributed by atoms with Gasteiger partial charge in [0.1, 0.15) is 6.61 Å². The molecule has 7 nitrogen and oxygen atoms in total. The first-order chi connectivity index (χ1) is 13.5. The van der Waals surface area contributed by atoms with Crippen LogP contribution in [0.3, 0.4) is 0 Å². The Morgan fingerprint density at radius 2 is 1.93 bits per heavy atom. The van der Waals surface area contributed by atoms with Gasteiger partial charge in [-0.25, -0.2) is 9.98 Å². The summed E-state index contributed by atoms with van der Waals surface area (Å²) in [6, 6.07) is 5.01. The van der Waals surface area contributed by atoms with Crippen molar-refractivity contribution in [3.05, 3.63) is 23.9 Å². The van der Waals surface area contributed by atoms with Gasteiger partial charge in [-0.05, 0) is 47.1 Å². The third-order valence-corrected chi connectivity index (χ3v) is 4.34. The number of aliphatic imine (C=N–C) groups is 1. The van der Waals surface area contributed by atoms with E-state index >= 15 is 0 Å². The Balaban J connectivity index is 2.58. The minimum absolute atomic E-state index is 0.477. The number of aromatic nitrogens is 1. The standard InChI is InChI=1S/C21H39N5O2/c1-7-22-21(24-12-9-13-26(17(2)3)18(4)5)25-16-19-10-8-11-23-20(19)28-15-14-27-6/h8,10-11,17-18H,7,9,12-16H2,1-6H3,(H2,22,24,25). The van der Waals surface area contributed by atoms with Gasteiger partial charge in [-0.15, -0.1) is 0 Å². The Morgan fingerprint density at radius 3 is 2.57 bits per heavy atom. The average molecular weight is 394 g/mol. The van der Waals surface area contributed by atoms with Crippen LogP contribution in [0, 0.1) is 0 Å². The van der Waals surface area contributed by atoms with Crippen molar-refractivity contribution in [1.82, 2.24) is 20.5 Å². The summed E-state index contributed by atoms with van der Waals surface area (Å²) in [7, 11) is 1.66. The van der Waals surface area contributed by atoms with E-state index in [1.54, 1.807) is 13.3 Å². The molecule has 2 N–H and O–H groups in total. The van der Waals surface area contributed by atoms with E-state index in [2.05, 4.69) is 60.1 Å². The molecule has 0 aliphatic rings. The fourth-order valence-electron chi connectivity index (χ4n) is 2.98. The second-order valence-electron chi connectivity index (χ2n) is 7.21. The van der Waals surface area contributed by atoms with E-state index in [1.165, 1.54) is 0 Å². The van der Waals surface area contributed by atoms with Gasteiger partial charge < -0.3 is 20.1 Å². The molecule has 0 aliphatic heterocycles. The zero-order chi connectivity index (χ0) is 20.8. The summed E-state index contributed by atoms with van der Waals surface area (Å²) < 4.78 is 10.7. The number of rotatable bonds is 13. The molecule has 0 unspecified atom stereocenters. The van der Waals surface area contributed by atoms with Gasteiger partial charge in [0.2, 0.25) is 5.88 Å². The largest absolute Gasteiger partial charge is 0.475 e. The van der Waals surface area contributed by atoms with Crippen LogP contribution in [0.4, 0.5) is 0 Å². The Kier molecular flexibility index (Phi) is 12.2. The quantitative estimate of drug-likeness (QED) is 0.305. The zero-order valence-corrected chi connectivity index (χ0v) is 18.5. The molecular weight excluding hydrogens is 354 g/mol. The Morgan fingerprint density at radius 1 is 1.18 bits per heavy atom. The SMILES string of the molecule is CCNC(=NCc1cccnc1OCCOC)NCCCN(C(C)C)C(C)C. The van der Waals surface area contributed by atoms with E-state index in [-0.39, 0.29) is 0 Å². The van der Waals surface area contributed by atoms with Crippen LogP contribution in [-0.4, -0.2) is 67.9 Å². The van der Waals surface area contributed by atoms with Gasteiger partial charge >= 0.3 is 0 Å². The highest BCUT2D eigenvalue weighted by Crippen LogP contribution is 2.15. The van der Waals surface area contributed by atoms with Crippen molar-refractivity contribution in [2.75, 3.05) is 40.0 Å².